The van der Waals surface area contributed by atoms with E-state index in [0.29, 0.717) is 11.4 Å². The van der Waals surface area contributed by atoms with Crippen molar-refractivity contribution in [2.24, 2.45) is 0 Å². The number of imide groups is 2. The molecular formula is C15H15N3O4. The molecule has 1 aromatic heterocycles. The van der Waals surface area contributed by atoms with E-state index in [2.05, 4.69) is 4.98 Å². The largest absolute Gasteiger partial charge is 0.285 e. The highest BCUT2D eigenvalue weighted by Gasteiger charge is 2.40. The predicted octanol–water partition coefficient (Wildman–Crippen LogP) is 0.0262. The first-order valence-electron chi connectivity index (χ1n) is 6.97. The van der Waals surface area contributed by atoms with Crippen LogP contribution in [0.4, 0.5) is 0 Å². The topological polar surface area (TPSA) is 87.7 Å². The Morgan fingerprint density at radius 2 is 1.27 bits per heavy atom. The third-order valence-electron chi connectivity index (χ3n) is 4.27. The molecule has 7 nitrogen and oxygen atoms in total. The van der Waals surface area contributed by atoms with Crippen molar-refractivity contribution in [2.45, 2.75) is 24.7 Å². The van der Waals surface area contributed by atoms with Gasteiger partial charge in [0.25, 0.3) is 0 Å². The summed E-state index contributed by atoms with van der Waals surface area (Å²) in [5.41, 5.74) is 0.935. The van der Waals surface area contributed by atoms with Gasteiger partial charge in [-0.15, -0.1) is 0 Å². The van der Waals surface area contributed by atoms with Crippen LogP contribution in [0, 0.1) is 0 Å². The van der Waals surface area contributed by atoms with Crippen molar-refractivity contribution in [3.63, 3.8) is 0 Å². The molecule has 0 bridgehead atoms. The Kier molecular flexibility index (Phi) is 3.27. The smallest absolute Gasteiger partial charge is 0.238 e. The summed E-state index contributed by atoms with van der Waals surface area (Å²) in [5, 5.41) is 0. The Hall–Kier alpha value is -2.57. The van der Waals surface area contributed by atoms with Crippen LogP contribution >= 0.6 is 0 Å². The predicted molar refractivity (Wildman–Crippen MR) is 74.5 cm³/mol. The Morgan fingerprint density at radius 3 is 1.59 bits per heavy atom. The second-order valence-electron chi connectivity index (χ2n) is 5.58. The fourth-order valence-electron chi connectivity index (χ4n) is 2.83. The molecule has 114 valence electrons. The zero-order chi connectivity index (χ0) is 16.0. The van der Waals surface area contributed by atoms with E-state index in [9.17, 15) is 19.2 Å². The highest BCUT2D eigenvalue weighted by Crippen LogP contribution is 2.31. The quantitative estimate of drug-likeness (QED) is 0.719. The van der Waals surface area contributed by atoms with Gasteiger partial charge in [0.1, 0.15) is 0 Å². The number of pyridine rings is 1. The van der Waals surface area contributed by atoms with Gasteiger partial charge in [-0.25, -0.2) is 0 Å². The van der Waals surface area contributed by atoms with E-state index in [-0.39, 0.29) is 36.5 Å². The summed E-state index contributed by atoms with van der Waals surface area (Å²) in [4.78, 5) is 53.9. The maximum atomic E-state index is 12.1. The second-order valence-corrected chi connectivity index (χ2v) is 5.58. The van der Waals surface area contributed by atoms with Crippen molar-refractivity contribution in [3.05, 3.63) is 29.6 Å². The van der Waals surface area contributed by atoms with Crippen LogP contribution in [0.5, 0.6) is 0 Å². The molecule has 0 aromatic carbocycles. The van der Waals surface area contributed by atoms with Crippen LogP contribution in [0.1, 0.15) is 36.1 Å². The molecule has 3 heterocycles. The molecule has 2 atom stereocenters. The molecule has 7 heteroatoms. The molecule has 0 saturated carbocycles. The van der Waals surface area contributed by atoms with Gasteiger partial charge in [0.2, 0.25) is 23.6 Å². The second kappa shape index (κ2) is 5.01. The van der Waals surface area contributed by atoms with Gasteiger partial charge in [-0.2, -0.15) is 0 Å². The van der Waals surface area contributed by atoms with Crippen molar-refractivity contribution in [1.82, 2.24) is 14.8 Å². The van der Waals surface area contributed by atoms with Crippen molar-refractivity contribution in [1.29, 1.82) is 0 Å². The monoisotopic (exact) mass is 301 g/mol. The van der Waals surface area contributed by atoms with Crippen molar-refractivity contribution < 1.29 is 19.2 Å². The van der Waals surface area contributed by atoms with Crippen LogP contribution in [0.3, 0.4) is 0 Å². The molecule has 2 aliphatic heterocycles. The SMILES string of the molecule is CN1C(=O)C[C@@H](c2cccc([C@H]3CC(=O)N(C)C3=O)n2)C1=O. The summed E-state index contributed by atoms with van der Waals surface area (Å²) in [6.45, 7) is 0. The number of carbonyl (C=O) groups excluding carboxylic acids is 4. The van der Waals surface area contributed by atoms with Crippen LogP contribution in [0.2, 0.25) is 0 Å². The highest BCUT2D eigenvalue weighted by molar-refractivity contribution is 6.06. The van der Waals surface area contributed by atoms with Crippen molar-refractivity contribution >= 4 is 23.6 Å². The molecule has 4 amide bonds. The minimum absolute atomic E-state index is 0.0865. The van der Waals surface area contributed by atoms with Crippen LogP contribution in [-0.4, -0.2) is 52.5 Å². The molecule has 3 rings (SSSR count). The molecule has 2 fully saturated rings. The molecule has 0 aliphatic carbocycles. The fourth-order valence-corrected chi connectivity index (χ4v) is 2.83. The van der Waals surface area contributed by atoms with Crippen LogP contribution in [-0.2, 0) is 19.2 Å². The Labute approximate surface area is 126 Å². The average molecular weight is 301 g/mol. The molecule has 0 unspecified atom stereocenters. The third kappa shape index (κ3) is 2.09. The van der Waals surface area contributed by atoms with E-state index in [1.165, 1.54) is 14.1 Å². The standard InChI is InChI=1S/C15H15N3O4/c1-17-12(19)6-8(14(17)21)10-4-3-5-11(16-10)9-7-13(20)18(2)15(9)22/h3-5,8-9H,6-7H2,1-2H3/t8-,9+. The summed E-state index contributed by atoms with van der Waals surface area (Å²) in [7, 11) is 2.89. The summed E-state index contributed by atoms with van der Waals surface area (Å²) in [6, 6.07) is 5.04. The van der Waals surface area contributed by atoms with Gasteiger partial charge in [-0.05, 0) is 12.1 Å². The first-order valence-corrected chi connectivity index (χ1v) is 6.97. The van der Waals surface area contributed by atoms with E-state index in [1.54, 1.807) is 18.2 Å². The zero-order valence-electron chi connectivity index (χ0n) is 12.3. The lowest BCUT2D eigenvalue weighted by Gasteiger charge is -2.12. The third-order valence-corrected chi connectivity index (χ3v) is 4.27. The number of nitrogens with zero attached hydrogens (tertiary/aromatic N) is 3. The molecule has 0 spiro atoms. The molecular weight excluding hydrogens is 286 g/mol. The minimum atomic E-state index is -0.609. The number of amides is 4. The van der Waals surface area contributed by atoms with E-state index in [1.807, 2.05) is 0 Å². The van der Waals surface area contributed by atoms with E-state index >= 15 is 0 Å². The lowest BCUT2D eigenvalue weighted by atomic mass is 9.99. The zero-order valence-corrected chi connectivity index (χ0v) is 12.3. The number of rotatable bonds is 2. The summed E-state index contributed by atoms with van der Waals surface area (Å²) in [5.74, 6) is -2.28. The van der Waals surface area contributed by atoms with Crippen molar-refractivity contribution in [2.75, 3.05) is 14.1 Å². The number of hydrogen-bond donors (Lipinski definition) is 0. The fraction of sp³-hybridized carbons (Fsp3) is 0.400. The first kappa shape index (κ1) is 14.4. The van der Waals surface area contributed by atoms with Gasteiger partial charge in [-0.3, -0.25) is 34.0 Å². The molecule has 2 aliphatic rings. The van der Waals surface area contributed by atoms with Crippen LogP contribution < -0.4 is 0 Å². The Balaban J connectivity index is 1.91. The van der Waals surface area contributed by atoms with Gasteiger partial charge < -0.3 is 0 Å². The van der Waals surface area contributed by atoms with E-state index < -0.39 is 11.8 Å². The number of likely N-dealkylation sites (N-methyl/N-ethyl adjacent to an activating group) is 2. The van der Waals surface area contributed by atoms with Gasteiger partial charge in [0.05, 0.1) is 23.2 Å². The Morgan fingerprint density at radius 1 is 0.864 bits per heavy atom. The molecule has 0 radical (unpaired) electrons. The van der Waals surface area contributed by atoms with E-state index in [4.69, 9.17) is 0 Å². The number of likely N-dealkylation sites (tertiary alicyclic amines) is 2. The maximum Gasteiger partial charge on any atom is 0.238 e. The normalized spacial score (nSPS) is 25.5. The molecule has 2 saturated heterocycles. The van der Waals surface area contributed by atoms with Gasteiger partial charge in [0, 0.05) is 26.9 Å². The van der Waals surface area contributed by atoms with Crippen LogP contribution in [0.15, 0.2) is 18.2 Å². The van der Waals surface area contributed by atoms with Crippen LogP contribution in [0.25, 0.3) is 0 Å². The number of aromatic nitrogens is 1. The Bertz CT molecular complexity index is 645. The van der Waals surface area contributed by atoms with Gasteiger partial charge in [0.15, 0.2) is 0 Å². The van der Waals surface area contributed by atoms with E-state index in [0.717, 1.165) is 9.80 Å². The maximum absolute atomic E-state index is 12.1. The highest BCUT2D eigenvalue weighted by atomic mass is 16.2. The van der Waals surface area contributed by atoms with Gasteiger partial charge in [-0.1, -0.05) is 6.07 Å². The molecule has 1 aromatic rings. The molecule has 0 N–H and O–H groups in total. The van der Waals surface area contributed by atoms with Crippen molar-refractivity contribution in [3.8, 4) is 0 Å². The summed E-state index contributed by atoms with van der Waals surface area (Å²) in [6.07, 6.45) is 0.173. The molecule has 22 heavy (non-hydrogen) atoms. The average Bonchev–Trinajstić information content (AvgIpc) is 2.92. The lowest BCUT2D eigenvalue weighted by Crippen LogP contribution is -2.26. The minimum Gasteiger partial charge on any atom is -0.285 e. The summed E-state index contributed by atoms with van der Waals surface area (Å²) >= 11 is 0. The number of hydrogen-bond acceptors (Lipinski definition) is 5. The summed E-state index contributed by atoms with van der Waals surface area (Å²) < 4.78 is 0. The lowest BCUT2D eigenvalue weighted by molar-refractivity contribution is -0.138. The number of carbonyl (C=O) groups is 4. The van der Waals surface area contributed by atoms with Gasteiger partial charge >= 0.3 is 0 Å². The first-order chi connectivity index (χ1) is 10.4.